The summed E-state index contributed by atoms with van der Waals surface area (Å²) in [5.41, 5.74) is -0.396. The minimum Gasteiger partial charge on any atom is -0.487 e. The lowest BCUT2D eigenvalue weighted by Gasteiger charge is -2.29. The number of aromatic nitrogens is 3. The molecule has 2 N–H and O–H groups in total. The predicted octanol–water partition coefficient (Wildman–Crippen LogP) is 3.90. The van der Waals surface area contributed by atoms with Crippen LogP contribution in [-0.4, -0.2) is 80.5 Å². The van der Waals surface area contributed by atoms with Gasteiger partial charge in [0.15, 0.2) is 0 Å². The zero-order chi connectivity index (χ0) is 33.4. The van der Waals surface area contributed by atoms with Gasteiger partial charge in [0.25, 0.3) is 0 Å². The van der Waals surface area contributed by atoms with Gasteiger partial charge >= 0.3 is 5.97 Å². The molecule has 7 rings (SSSR count). The lowest BCUT2D eigenvalue weighted by Crippen LogP contribution is -2.56. The zero-order valence-corrected chi connectivity index (χ0v) is 28.2. The Hall–Kier alpha value is -4.26. The summed E-state index contributed by atoms with van der Waals surface area (Å²) in [4.78, 5) is 65.9. The number of methoxy groups -OCH3 is 1. The van der Waals surface area contributed by atoms with Crippen molar-refractivity contribution in [3.63, 3.8) is 0 Å². The minimum atomic E-state index is -1.16. The molecule has 13 heteroatoms. The van der Waals surface area contributed by atoms with E-state index in [1.54, 1.807) is 23.4 Å². The monoisotopic (exact) mass is 674 g/mol. The fraction of sp³-hybridized carbons (Fsp3) is 0.543. The number of carbonyl (C=O) groups is 4. The topological polar surface area (TPSA) is 145 Å². The molecule has 2 aliphatic carbocycles. The van der Waals surface area contributed by atoms with E-state index >= 15 is 0 Å². The maximum Gasteiger partial charge on any atom is 0.332 e. The molecule has 3 aromatic rings. The number of amides is 3. The number of ether oxygens (including phenoxy) is 2. The van der Waals surface area contributed by atoms with Crippen LogP contribution in [0.25, 0.3) is 20.9 Å². The second-order valence-electron chi connectivity index (χ2n) is 13.6. The third kappa shape index (κ3) is 6.56. The number of rotatable bonds is 7. The first-order valence-electron chi connectivity index (χ1n) is 17.0. The van der Waals surface area contributed by atoms with Crippen LogP contribution < -0.4 is 15.4 Å². The maximum absolute atomic E-state index is 14.3. The van der Waals surface area contributed by atoms with Crippen LogP contribution in [0.3, 0.4) is 0 Å². The number of thiophene rings is 1. The van der Waals surface area contributed by atoms with E-state index in [0.29, 0.717) is 30.9 Å². The Morgan fingerprint density at radius 2 is 2.00 bits per heavy atom. The van der Waals surface area contributed by atoms with Gasteiger partial charge in [-0.05, 0) is 56.6 Å². The van der Waals surface area contributed by atoms with Gasteiger partial charge < -0.3 is 29.6 Å². The average Bonchev–Trinajstić information content (AvgIpc) is 3.81. The Morgan fingerprint density at radius 3 is 2.77 bits per heavy atom. The number of pyridine rings is 1. The van der Waals surface area contributed by atoms with Gasteiger partial charge in [-0.15, -0.1) is 11.3 Å². The second kappa shape index (κ2) is 13.3. The van der Waals surface area contributed by atoms with Gasteiger partial charge in [0.1, 0.15) is 35.3 Å². The van der Waals surface area contributed by atoms with Crippen LogP contribution in [0.15, 0.2) is 42.9 Å². The normalized spacial score (nSPS) is 28.4. The van der Waals surface area contributed by atoms with Crippen molar-refractivity contribution in [2.75, 3.05) is 13.7 Å². The number of hydrogen-bond acceptors (Lipinski definition) is 9. The van der Waals surface area contributed by atoms with Crippen molar-refractivity contribution in [1.29, 1.82) is 0 Å². The molecular formula is C35H42N6O6S. The standard InChI is InChI=1S/C35H42N6O6S/c1-40-15-14-37-31(40)28-18-25-30(48-28)27(12-13-36-25)47-23-17-26-32(43)39-35(34(45)46-2)19-22(35)8-6-4-3-5-7-9-24(33(44)41(26)20-23)38-29(42)16-21-10-11-21/h6,8,12-15,18,21-24,26H,3-5,7,9-11,16-17,19-20H2,1-2H3,(H,38,42)(H,39,43)/b8-6-/t22-,23+,24-,26-,35+/m0/s1. The molecule has 2 saturated carbocycles. The molecule has 0 radical (unpaired) electrons. The van der Waals surface area contributed by atoms with E-state index in [4.69, 9.17) is 9.47 Å². The highest BCUT2D eigenvalue weighted by Gasteiger charge is 2.62. The van der Waals surface area contributed by atoms with Crippen molar-refractivity contribution in [3.8, 4) is 16.5 Å². The quantitative estimate of drug-likeness (QED) is 0.284. The van der Waals surface area contributed by atoms with E-state index in [1.165, 1.54) is 18.4 Å². The number of hydrogen-bond donors (Lipinski definition) is 2. The second-order valence-corrected chi connectivity index (χ2v) is 14.6. The number of nitrogens with zero attached hydrogens (tertiary/aromatic N) is 4. The number of esters is 1. The van der Waals surface area contributed by atoms with E-state index in [-0.39, 0.29) is 30.7 Å². The summed E-state index contributed by atoms with van der Waals surface area (Å²) in [7, 11) is 3.26. The first-order chi connectivity index (χ1) is 23.3. The summed E-state index contributed by atoms with van der Waals surface area (Å²) >= 11 is 1.52. The third-order valence-corrected chi connectivity index (χ3v) is 11.1. The summed E-state index contributed by atoms with van der Waals surface area (Å²) in [6, 6.07) is 2.13. The van der Waals surface area contributed by atoms with Crippen LogP contribution in [-0.2, 0) is 31.0 Å². The van der Waals surface area contributed by atoms with E-state index in [2.05, 4.69) is 26.7 Å². The molecule has 12 nitrogen and oxygen atoms in total. The first kappa shape index (κ1) is 32.3. The Kier molecular flexibility index (Phi) is 8.97. The maximum atomic E-state index is 14.3. The number of aryl methyl sites for hydroxylation is 1. The molecular weight excluding hydrogens is 632 g/mol. The van der Waals surface area contributed by atoms with Gasteiger partial charge in [-0.2, -0.15) is 0 Å². The van der Waals surface area contributed by atoms with Crippen molar-refractivity contribution >= 4 is 45.2 Å². The molecule has 4 aliphatic rings. The minimum absolute atomic E-state index is 0.129. The van der Waals surface area contributed by atoms with E-state index in [9.17, 15) is 19.2 Å². The van der Waals surface area contributed by atoms with Crippen molar-refractivity contribution in [2.45, 2.75) is 87.9 Å². The zero-order valence-electron chi connectivity index (χ0n) is 27.4. The lowest BCUT2D eigenvalue weighted by molar-refractivity contribution is -0.148. The molecule has 3 aromatic heterocycles. The van der Waals surface area contributed by atoms with Crippen LogP contribution >= 0.6 is 11.3 Å². The molecule has 1 saturated heterocycles. The number of fused-ring (bicyclic) bond motifs is 3. The highest BCUT2D eigenvalue weighted by molar-refractivity contribution is 7.22. The highest BCUT2D eigenvalue weighted by Crippen LogP contribution is 2.46. The molecule has 3 amide bonds. The van der Waals surface area contributed by atoms with Gasteiger partial charge in [-0.3, -0.25) is 19.4 Å². The molecule has 5 atom stereocenters. The number of imidazole rings is 1. The molecule has 48 heavy (non-hydrogen) atoms. The number of nitrogens with one attached hydrogen (secondary N) is 2. The van der Waals surface area contributed by atoms with Gasteiger partial charge in [0.05, 0.1) is 28.7 Å². The fourth-order valence-corrected chi connectivity index (χ4v) is 8.16. The molecule has 0 bridgehead atoms. The molecule has 5 heterocycles. The molecule has 0 spiro atoms. The molecule has 0 aromatic carbocycles. The molecule has 2 aliphatic heterocycles. The van der Waals surface area contributed by atoms with Crippen molar-refractivity contribution < 1.29 is 28.7 Å². The Labute approximate surface area is 283 Å². The Morgan fingerprint density at radius 1 is 1.15 bits per heavy atom. The Bertz CT molecular complexity index is 1750. The fourth-order valence-electron chi connectivity index (χ4n) is 7.05. The van der Waals surface area contributed by atoms with E-state index in [0.717, 1.165) is 59.4 Å². The summed E-state index contributed by atoms with van der Waals surface area (Å²) in [5.74, 6) is 0.278. The molecule has 0 unspecified atom stereocenters. The van der Waals surface area contributed by atoms with Gasteiger partial charge in [0.2, 0.25) is 17.7 Å². The van der Waals surface area contributed by atoms with Crippen LogP contribution in [0.5, 0.6) is 5.75 Å². The summed E-state index contributed by atoms with van der Waals surface area (Å²) < 4.78 is 14.5. The summed E-state index contributed by atoms with van der Waals surface area (Å²) in [5, 5.41) is 6.00. The van der Waals surface area contributed by atoms with Crippen molar-refractivity contribution in [2.24, 2.45) is 18.9 Å². The molecule has 254 valence electrons. The van der Waals surface area contributed by atoms with Gasteiger partial charge in [-0.1, -0.05) is 25.0 Å². The van der Waals surface area contributed by atoms with E-state index in [1.807, 2.05) is 30.0 Å². The number of allylic oxidation sites excluding steroid dienone is 1. The lowest BCUT2D eigenvalue weighted by atomic mass is 10.0. The summed E-state index contributed by atoms with van der Waals surface area (Å²) in [6.45, 7) is 0.155. The van der Waals surface area contributed by atoms with Crippen LogP contribution in [0.1, 0.15) is 64.2 Å². The molecule has 3 fully saturated rings. The van der Waals surface area contributed by atoms with Crippen LogP contribution in [0.2, 0.25) is 0 Å². The third-order valence-electron chi connectivity index (χ3n) is 10.0. The predicted molar refractivity (Wildman–Crippen MR) is 179 cm³/mol. The summed E-state index contributed by atoms with van der Waals surface area (Å²) in [6.07, 6.45) is 15.9. The SMILES string of the molecule is COC(=O)[C@@]12C[C@@H]1/C=C\CCCCC[C@H](NC(=O)CC1CC1)C(=O)N1C[C@H](Oc3ccnc4cc(-c5nccn5C)sc34)C[C@H]1C(=O)N2. The van der Waals surface area contributed by atoms with Crippen LogP contribution in [0, 0.1) is 11.8 Å². The van der Waals surface area contributed by atoms with Crippen LogP contribution in [0.4, 0.5) is 0 Å². The van der Waals surface area contributed by atoms with E-state index < -0.39 is 35.6 Å². The van der Waals surface area contributed by atoms with Crippen molar-refractivity contribution in [1.82, 2.24) is 30.1 Å². The highest BCUT2D eigenvalue weighted by atomic mass is 32.1. The van der Waals surface area contributed by atoms with Gasteiger partial charge in [-0.25, -0.2) is 9.78 Å². The Balaban J connectivity index is 1.17. The smallest absolute Gasteiger partial charge is 0.332 e. The van der Waals surface area contributed by atoms with Gasteiger partial charge in [0, 0.05) is 44.4 Å². The first-order valence-corrected chi connectivity index (χ1v) is 17.8. The largest absolute Gasteiger partial charge is 0.487 e. The average molecular weight is 675 g/mol. The van der Waals surface area contributed by atoms with Crippen molar-refractivity contribution in [3.05, 3.63) is 42.9 Å². The number of carbonyl (C=O) groups excluding carboxylic acids is 4.